The number of hydrogen-bond donors (Lipinski definition) is 2. The standard InChI is InChI=1S/C8H9BrN4O/c9-6-1-2-14-7(6)3-10-4-8-11-5-12-13-8/h1-2,5,10H,3-4H2,(H,11,12,13). The van der Waals surface area contributed by atoms with Gasteiger partial charge in [-0.3, -0.25) is 5.10 Å². The van der Waals surface area contributed by atoms with E-state index in [4.69, 9.17) is 4.42 Å². The molecule has 0 fully saturated rings. The first-order valence-corrected chi connectivity index (χ1v) is 4.92. The summed E-state index contributed by atoms with van der Waals surface area (Å²) in [5.74, 6) is 1.69. The average Bonchev–Trinajstić information content (AvgIpc) is 2.78. The molecular formula is C8H9BrN4O. The highest BCUT2D eigenvalue weighted by molar-refractivity contribution is 9.10. The van der Waals surface area contributed by atoms with Gasteiger partial charge in [0.05, 0.1) is 23.8 Å². The lowest BCUT2D eigenvalue weighted by Crippen LogP contribution is -2.13. The monoisotopic (exact) mass is 256 g/mol. The summed E-state index contributed by atoms with van der Waals surface area (Å²) in [6.45, 7) is 1.31. The first-order chi connectivity index (χ1) is 6.86. The van der Waals surface area contributed by atoms with Crippen LogP contribution in [0.25, 0.3) is 0 Å². The second kappa shape index (κ2) is 4.39. The fourth-order valence-corrected chi connectivity index (χ4v) is 1.40. The number of hydrogen-bond acceptors (Lipinski definition) is 4. The molecule has 0 radical (unpaired) electrons. The highest BCUT2D eigenvalue weighted by atomic mass is 79.9. The zero-order valence-corrected chi connectivity index (χ0v) is 8.91. The predicted octanol–water partition coefficient (Wildman–Crippen LogP) is 1.45. The molecule has 74 valence electrons. The van der Waals surface area contributed by atoms with Gasteiger partial charge in [0.15, 0.2) is 0 Å². The van der Waals surface area contributed by atoms with E-state index < -0.39 is 0 Å². The van der Waals surface area contributed by atoms with Crippen molar-refractivity contribution in [2.24, 2.45) is 0 Å². The molecule has 0 aliphatic rings. The molecule has 2 heterocycles. The first-order valence-electron chi connectivity index (χ1n) is 4.13. The number of nitrogens with one attached hydrogen (secondary N) is 2. The second-order valence-corrected chi connectivity index (χ2v) is 3.58. The van der Waals surface area contributed by atoms with Gasteiger partial charge in [-0.05, 0) is 22.0 Å². The zero-order valence-electron chi connectivity index (χ0n) is 7.33. The van der Waals surface area contributed by atoms with E-state index in [9.17, 15) is 0 Å². The topological polar surface area (TPSA) is 66.7 Å². The summed E-state index contributed by atoms with van der Waals surface area (Å²) in [7, 11) is 0. The van der Waals surface area contributed by atoms with Gasteiger partial charge < -0.3 is 9.73 Å². The number of aromatic amines is 1. The molecule has 5 nitrogen and oxygen atoms in total. The van der Waals surface area contributed by atoms with Crippen LogP contribution in [0.15, 0.2) is 27.5 Å². The molecule has 0 unspecified atom stereocenters. The Balaban J connectivity index is 1.81. The fourth-order valence-electron chi connectivity index (χ4n) is 1.06. The molecule has 2 aromatic rings. The third-order valence-corrected chi connectivity index (χ3v) is 2.44. The van der Waals surface area contributed by atoms with Gasteiger partial charge in [0.2, 0.25) is 0 Å². The molecule has 0 spiro atoms. The minimum absolute atomic E-state index is 0.646. The van der Waals surface area contributed by atoms with Crippen molar-refractivity contribution in [3.63, 3.8) is 0 Å². The van der Waals surface area contributed by atoms with Gasteiger partial charge in [-0.1, -0.05) is 0 Å². The fraction of sp³-hybridized carbons (Fsp3) is 0.250. The molecule has 0 amide bonds. The van der Waals surface area contributed by atoms with Crippen LogP contribution >= 0.6 is 15.9 Å². The summed E-state index contributed by atoms with van der Waals surface area (Å²) in [6.07, 6.45) is 3.13. The van der Waals surface area contributed by atoms with Gasteiger partial charge in [0, 0.05) is 0 Å². The van der Waals surface area contributed by atoms with Gasteiger partial charge in [0.25, 0.3) is 0 Å². The van der Waals surface area contributed by atoms with E-state index in [-0.39, 0.29) is 0 Å². The van der Waals surface area contributed by atoms with Gasteiger partial charge in [-0.25, -0.2) is 4.98 Å². The number of nitrogens with zero attached hydrogens (tertiary/aromatic N) is 2. The minimum atomic E-state index is 0.646. The van der Waals surface area contributed by atoms with Crippen molar-refractivity contribution < 1.29 is 4.42 Å². The number of halogens is 1. The molecule has 2 N–H and O–H groups in total. The smallest absolute Gasteiger partial charge is 0.138 e. The van der Waals surface area contributed by atoms with Crippen molar-refractivity contribution in [3.8, 4) is 0 Å². The van der Waals surface area contributed by atoms with Crippen LogP contribution in [0, 0.1) is 0 Å². The van der Waals surface area contributed by atoms with E-state index in [1.807, 2.05) is 6.07 Å². The van der Waals surface area contributed by atoms with Crippen molar-refractivity contribution in [1.29, 1.82) is 0 Å². The van der Waals surface area contributed by atoms with E-state index in [0.717, 1.165) is 16.1 Å². The molecule has 2 aromatic heterocycles. The molecular weight excluding hydrogens is 248 g/mol. The SMILES string of the molecule is Brc1ccoc1CNCc1ncn[nH]1. The Bertz CT molecular complexity index is 384. The third-order valence-electron chi connectivity index (χ3n) is 1.73. The Kier molecular flexibility index (Phi) is 2.95. The Morgan fingerprint density at radius 2 is 2.43 bits per heavy atom. The van der Waals surface area contributed by atoms with E-state index in [1.54, 1.807) is 6.26 Å². The maximum atomic E-state index is 5.23. The van der Waals surface area contributed by atoms with Crippen molar-refractivity contribution >= 4 is 15.9 Å². The summed E-state index contributed by atoms with van der Waals surface area (Å²) in [5.41, 5.74) is 0. The lowest BCUT2D eigenvalue weighted by molar-refractivity contribution is 0.478. The Morgan fingerprint density at radius 3 is 3.07 bits per heavy atom. The number of furan rings is 1. The quantitative estimate of drug-likeness (QED) is 0.869. The Hall–Kier alpha value is -1.14. The molecule has 0 saturated heterocycles. The summed E-state index contributed by atoms with van der Waals surface area (Å²) in [5, 5.41) is 9.69. The summed E-state index contributed by atoms with van der Waals surface area (Å²) < 4.78 is 6.20. The van der Waals surface area contributed by atoms with Gasteiger partial charge in [-0.15, -0.1) is 0 Å². The Labute approximate surface area is 89.0 Å². The van der Waals surface area contributed by atoms with Crippen LogP contribution in [0.4, 0.5) is 0 Å². The van der Waals surface area contributed by atoms with Gasteiger partial charge in [0.1, 0.15) is 17.9 Å². The second-order valence-electron chi connectivity index (χ2n) is 2.73. The van der Waals surface area contributed by atoms with E-state index in [0.29, 0.717) is 13.1 Å². The average molecular weight is 257 g/mol. The summed E-state index contributed by atoms with van der Waals surface area (Å²) in [6, 6.07) is 1.87. The molecule has 0 bridgehead atoms. The lowest BCUT2D eigenvalue weighted by Gasteiger charge is -1.99. The van der Waals surface area contributed by atoms with Crippen LogP contribution in [0.2, 0.25) is 0 Å². The molecule has 6 heteroatoms. The number of aromatic nitrogens is 3. The largest absolute Gasteiger partial charge is 0.467 e. The normalized spacial score (nSPS) is 10.6. The van der Waals surface area contributed by atoms with Crippen LogP contribution in [-0.2, 0) is 13.1 Å². The highest BCUT2D eigenvalue weighted by Gasteiger charge is 2.02. The number of rotatable bonds is 4. The maximum absolute atomic E-state index is 5.23. The lowest BCUT2D eigenvalue weighted by atomic mass is 10.4. The minimum Gasteiger partial charge on any atom is -0.467 e. The van der Waals surface area contributed by atoms with E-state index in [2.05, 4.69) is 36.4 Å². The molecule has 14 heavy (non-hydrogen) atoms. The molecule has 0 aromatic carbocycles. The van der Waals surface area contributed by atoms with Crippen LogP contribution in [0.3, 0.4) is 0 Å². The van der Waals surface area contributed by atoms with E-state index in [1.165, 1.54) is 6.33 Å². The van der Waals surface area contributed by atoms with Crippen molar-refractivity contribution in [3.05, 3.63) is 34.7 Å². The van der Waals surface area contributed by atoms with Gasteiger partial charge in [-0.2, -0.15) is 5.10 Å². The summed E-state index contributed by atoms with van der Waals surface area (Å²) in [4.78, 5) is 3.99. The van der Waals surface area contributed by atoms with Crippen LogP contribution in [0.1, 0.15) is 11.6 Å². The predicted molar refractivity (Wildman–Crippen MR) is 53.3 cm³/mol. The van der Waals surface area contributed by atoms with Crippen molar-refractivity contribution in [1.82, 2.24) is 20.5 Å². The van der Waals surface area contributed by atoms with Crippen LogP contribution in [-0.4, -0.2) is 15.2 Å². The molecule has 0 aliphatic carbocycles. The van der Waals surface area contributed by atoms with Gasteiger partial charge >= 0.3 is 0 Å². The molecule has 0 atom stereocenters. The molecule has 2 rings (SSSR count). The van der Waals surface area contributed by atoms with Crippen LogP contribution < -0.4 is 5.32 Å². The third kappa shape index (κ3) is 2.21. The maximum Gasteiger partial charge on any atom is 0.138 e. The molecule has 0 aliphatic heterocycles. The zero-order chi connectivity index (χ0) is 9.80. The Morgan fingerprint density at radius 1 is 1.50 bits per heavy atom. The summed E-state index contributed by atoms with van der Waals surface area (Å²) >= 11 is 3.38. The van der Waals surface area contributed by atoms with Crippen molar-refractivity contribution in [2.45, 2.75) is 13.1 Å². The molecule has 0 saturated carbocycles. The van der Waals surface area contributed by atoms with Crippen LogP contribution in [0.5, 0.6) is 0 Å². The van der Waals surface area contributed by atoms with Crippen molar-refractivity contribution in [2.75, 3.05) is 0 Å². The first kappa shape index (κ1) is 9.42. The van der Waals surface area contributed by atoms with E-state index >= 15 is 0 Å². The number of H-pyrrole nitrogens is 1. The highest BCUT2D eigenvalue weighted by Crippen LogP contribution is 2.16.